The van der Waals surface area contributed by atoms with Gasteiger partial charge in [-0.05, 0) is 25.0 Å². The first-order valence-corrected chi connectivity index (χ1v) is 6.65. The van der Waals surface area contributed by atoms with Crippen molar-refractivity contribution in [2.75, 3.05) is 26.3 Å². The molecule has 1 aliphatic rings. The van der Waals surface area contributed by atoms with Crippen LogP contribution in [-0.2, 0) is 4.74 Å². The first-order chi connectivity index (χ1) is 9.61. The van der Waals surface area contributed by atoms with Gasteiger partial charge in [-0.2, -0.15) is 0 Å². The average molecular weight is 281 g/mol. The number of benzene rings is 1. The average Bonchev–Trinajstić information content (AvgIpc) is 2.45. The summed E-state index contributed by atoms with van der Waals surface area (Å²) in [5.41, 5.74) is 0.192. The van der Waals surface area contributed by atoms with Crippen LogP contribution in [0, 0.1) is 0 Å². The van der Waals surface area contributed by atoms with Gasteiger partial charge in [0.2, 0.25) is 0 Å². The minimum atomic E-state index is -0.247. The summed E-state index contributed by atoms with van der Waals surface area (Å²) in [7, 11) is 0. The van der Waals surface area contributed by atoms with Crippen molar-refractivity contribution in [1.29, 1.82) is 0 Å². The third-order valence-electron chi connectivity index (χ3n) is 3.39. The molecule has 3 N–H and O–H groups in total. The van der Waals surface area contributed by atoms with E-state index in [1.807, 2.05) is 0 Å². The topological polar surface area (TPSA) is 90.2 Å². The highest BCUT2D eigenvalue weighted by atomic mass is 16.5. The van der Waals surface area contributed by atoms with E-state index in [-0.39, 0.29) is 35.7 Å². The SMILES string of the molecule is O=C(c1ccc(O)cc1O)N1CCC(OCCO)CC1. The van der Waals surface area contributed by atoms with Gasteiger partial charge in [-0.15, -0.1) is 0 Å². The van der Waals surface area contributed by atoms with Crippen LogP contribution in [0.1, 0.15) is 23.2 Å². The molecular weight excluding hydrogens is 262 g/mol. The molecule has 110 valence electrons. The molecular formula is C14H19NO5. The van der Waals surface area contributed by atoms with Crippen LogP contribution in [0.4, 0.5) is 0 Å². The Morgan fingerprint density at radius 1 is 1.30 bits per heavy atom. The highest BCUT2D eigenvalue weighted by Gasteiger charge is 2.25. The van der Waals surface area contributed by atoms with Crippen LogP contribution in [0.15, 0.2) is 18.2 Å². The predicted octanol–water partition coefficient (Wildman–Crippen LogP) is 0.711. The summed E-state index contributed by atoms with van der Waals surface area (Å²) in [4.78, 5) is 13.9. The number of rotatable bonds is 4. The molecule has 6 heteroatoms. The lowest BCUT2D eigenvalue weighted by molar-refractivity contribution is -0.00558. The molecule has 1 aromatic carbocycles. The lowest BCUT2D eigenvalue weighted by Gasteiger charge is -2.32. The van der Waals surface area contributed by atoms with Crippen molar-refractivity contribution in [3.05, 3.63) is 23.8 Å². The van der Waals surface area contributed by atoms with Crippen molar-refractivity contribution >= 4 is 5.91 Å². The molecule has 20 heavy (non-hydrogen) atoms. The molecule has 0 bridgehead atoms. The van der Waals surface area contributed by atoms with Crippen LogP contribution in [0.3, 0.4) is 0 Å². The fourth-order valence-electron chi connectivity index (χ4n) is 2.32. The molecule has 1 fully saturated rings. The Hall–Kier alpha value is -1.79. The second-order valence-electron chi connectivity index (χ2n) is 4.79. The van der Waals surface area contributed by atoms with Gasteiger partial charge >= 0.3 is 0 Å². The number of hydrogen-bond donors (Lipinski definition) is 3. The zero-order chi connectivity index (χ0) is 14.5. The van der Waals surface area contributed by atoms with Crippen LogP contribution in [-0.4, -0.2) is 58.5 Å². The van der Waals surface area contributed by atoms with E-state index in [1.165, 1.54) is 12.1 Å². The lowest BCUT2D eigenvalue weighted by atomic mass is 10.1. The van der Waals surface area contributed by atoms with Gasteiger partial charge < -0.3 is 25.0 Å². The van der Waals surface area contributed by atoms with E-state index < -0.39 is 0 Å². The van der Waals surface area contributed by atoms with Crippen LogP contribution in [0.25, 0.3) is 0 Å². The molecule has 0 aromatic heterocycles. The quantitative estimate of drug-likeness (QED) is 0.756. The molecule has 0 spiro atoms. The Balaban J connectivity index is 1.94. The van der Waals surface area contributed by atoms with E-state index in [0.29, 0.717) is 32.5 Å². The van der Waals surface area contributed by atoms with Crippen LogP contribution in [0.2, 0.25) is 0 Å². The van der Waals surface area contributed by atoms with Gasteiger partial charge in [0.25, 0.3) is 5.91 Å². The Bertz CT molecular complexity index is 469. The van der Waals surface area contributed by atoms with Crippen molar-refractivity contribution in [1.82, 2.24) is 4.90 Å². The number of carbonyl (C=O) groups is 1. The number of piperidine rings is 1. The van der Waals surface area contributed by atoms with E-state index >= 15 is 0 Å². The zero-order valence-electron chi connectivity index (χ0n) is 11.2. The van der Waals surface area contributed by atoms with Crippen molar-refractivity contribution in [3.63, 3.8) is 0 Å². The molecule has 1 saturated heterocycles. The van der Waals surface area contributed by atoms with Gasteiger partial charge in [0.05, 0.1) is 24.9 Å². The Labute approximate surface area is 117 Å². The van der Waals surface area contributed by atoms with Crippen molar-refractivity contribution in [2.45, 2.75) is 18.9 Å². The maximum absolute atomic E-state index is 12.3. The summed E-state index contributed by atoms with van der Waals surface area (Å²) in [6, 6.07) is 3.95. The number of aliphatic hydroxyl groups is 1. The monoisotopic (exact) mass is 281 g/mol. The maximum Gasteiger partial charge on any atom is 0.257 e. The zero-order valence-corrected chi connectivity index (χ0v) is 11.2. The van der Waals surface area contributed by atoms with Crippen LogP contribution >= 0.6 is 0 Å². The number of ether oxygens (including phenoxy) is 1. The molecule has 2 rings (SSSR count). The van der Waals surface area contributed by atoms with E-state index in [0.717, 1.165) is 6.07 Å². The minimum Gasteiger partial charge on any atom is -0.508 e. The number of likely N-dealkylation sites (tertiary alicyclic amines) is 1. The predicted molar refractivity (Wildman–Crippen MR) is 71.7 cm³/mol. The molecule has 0 unspecified atom stereocenters. The first-order valence-electron chi connectivity index (χ1n) is 6.65. The normalized spacial score (nSPS) is 16.4. The van der Waals surface area contributed by atoms with E-state index in [9.17, 15) is 15.0 Å². The Morgan fingerprint density at radius 3 is 2.60 bits per heavy atom. The van der Waals surface area contributed by atoms with Gasteiger partial charge in [0, 0.05) is 19.2 Å². The highest BCUT2D eigenvalue weighted by molar-refractivity contribution is 5.97. The minimum absolute atomic E-state index is 0.000522. The molecule has 0 aliphatic carbocycles. The third kappa shape index (κ3) is 3.40. The number of phenols is 2. The van der Waals surface area contributed by atoms with Gasteiger partial charge in [-0.1, -0.05) is 0 Å². The number of hydrogen-bond acceptors (Lipinski definition) is 5. The summed E-state index contributed by atoms with van der Waals surface area (Å²) in [5, 5.41) is 27.6. The molecule has 1 amide bonds. The first kappa shape index (κ1) is 14.6. The van der Waals surface area contributed by atoms with E-state index in [4.69, 9.17) is 9.84 Å². The molecule has 0 saturated carbocycles. The Kier molecular flexibility index (Phi) is 4.81. The van der Waals surface area contributed by atoms with Crippen molar-refractivity contribution < 1.29 is 24.9 Å². The molecule has 6 nitrogen and oxygen atoms in total. The van der Waals surface area contributed by atoms with Crippen molar-refractivity contribution in [2.24, 2.45) is 0 Å². The molecule has 1 aliphatic heterocycles. The number of carbonyl (C=O) groups excluding carboxylic acids is 1. The molecule has 0 atom stereocenters. The smallest absolute Gasteiger partial charge is 0.257 e. The summed E-state index contributed by atoms with van der Waals surface area (Å²) in [5.74, 6) is -0.535. The maximum atomic E-state index is 12.3. The van der Waals surface area contributed by atoms with Crippen molar-refractivity contribution in [3.8, 4) is 11.5 Å². The fraction of sp³-hybridized carbons (Fsp3) is 0.500. The van der Waals surface area contributed by atoms with Crippen LogP contribution < -0.4 is 0 Å². The third-order valence-corrected chi connectivity index (χ3v) is 3.39. The van der Waals surface area contributed by atoms with E-state index in [1.54, 1.807) is 4.90 Å². The summed E-state index contributed by atoms with van der Waals surface area (Å²) >= 11 is 0. The number of nitrogens with zero attached hydrogens (tertiary/aromatic N) is 1. The fourth-order valence-corrected chi connectivity index (χ4v) is 2.32. The Morgan fingerprint density at radius 2 is 2.00 bits per heavy atom. The number of amides is 1. The number of phenolic OH excluding ortho intramolecular Hbond substituents is 2. The summed E-state index contributed by atoms with van der Waals surface area (Å²) in [6.45, 7) is 1.42. The lowest BCUT2D eigenvalue weighted by Crippen LogP contribution is -2.41. The van der Waals surface area contributed by atoms with Gasteiger partial charge in [0.1, 0.15) is 11.5 Å². The molecule has 0 radical (unpaired) electrons. The second-order valence-corrected chi connectivity index (χ2v) is 4.79. The molecule has 1 heterocycles. The largest absolute Gasteiger partial charge is 0.508 e. The van der Waals surface area contributed by atoms with Crippen LogP contribution in [0.5, 0.6) is 11.5 Å². The summed E-state index contributed by atoms with van der Waals surface area (Å²) < 4.78 is 5.43. The standard InChI is InChI=1S/C14H19NO5/c16-7-8-20-11-3-5-15(6-4-11)14(19)12-2-1-10(17)9-13(12)18/h1-2,9,11,16-18H,3-8H2. The number of aromatic hydroxyl groups is 2. The van der Waals surface area contributed by atoms with E-state index in [2.05, 4.69) is 0 Å². The van der Waals surface area contributed by atoms with Gasteiger partial charge in [-0.25, -0.2) is 0 Å². The highest BCUT2D eigenvalue weighted by Crippen LogP contribution is 2.25. The van der Waals surface area contributed by atoms with Gasteiger partial charge in [0.15, 0.2) is 0 Å². The number of aliphatic hydroxyl groups excluding tert-OH is 1. The molecule has 1 aromatic rings. The van der Waals surface area contributed by atoms with Gasteiger partial charge in [-0.3, -0.25) is 4.79 Å². The second kappa shape index (κ2) is 6.58. The summed E-state index contributed by atoms with van der Waals surface area (Å²) in [6.07, 6.45) is 1.49.